The second kappa shape index (κ2) is 10.3. The lowest BCUT2D eigenvalue weighted by Gasteiger charge is -2.25. The Morgan fingerprint density at radius 2 is 1.91 bits per heavy atom. The van der Waals surface area contributed by atoms with Crippen LogP contribution in [0.4, 0.5) is 0 Å². The van der Waals surface area contributed by atoms with Gasteiger partial charge in [0.1, 0.15) is 11.5 Å². The maximum atomic E-state index is 13.1. The predicted octanol–water partition coefficient (Wildman–Crippen LogP) is 6.01. The van der Waals surface area contributed by atoms with E-state index in [9.17, 15) is 14.7 Å². The molecule has 5 nitrogen and oxygen atoms in total. The van der Waals surface area contributed by atoms with Crippen LogP contribution in [0.15, 0.2) is 35.2 Å². The van der Waals surface area contributed by atoms with E-state index in [4.69, 9.17) is 4.74 Å². The van der Waals surface area contributed by atoms with E-state index in [1.165, 1.54) is 11.3 Å². The number of unbranched alkanes of at least 4 members (excludes halogenated alkanes) is 2. The third kappa shape index (κ3) is 4.90. The first kappa shape index (κ1) is 24.1. The number of Topliss-reactive ketones (excluding diaryl/α,β-unsaturated/α-hetero) is 1. The van der Waals surface area contributed by atoms with Gasteiger partial charge < -0.3 is 14.7 Å². The number of carbonyl (C=O) groups excluding carboxylic acids is 2. The number of aliphatic hydroxyl groups excluding tert-OH is 1. The topological polar surface area (TPSA) is 66.8 Å². The molecule has 0 saturated carbocycles. The van der Waals surface area contributed by atoms with Crippen molar-refractivity contribution in [3.8, 4) is 5.75 Å². The van der Waals surface area contributed by atoms with E-state index < -0.39 is 17.7 Å². The first-order valence-electron chi connectivity index (χ1n) is 11.3. The van der Waals surface area contributed by atoms with Crippen LogP contribution in [0.5, 0.6) is 5.75 Å². The zero-order valence-electron chi connectivity index (χ0n) is 19.6. The monoisotopic (exact) mass is 455 g/mol. The number of ketones is 1. The third-order valence-corrected chi connectivity index (χ3v) is 6.78. The number of rotatable bonds is 9. The van der Waals surface area contributed by atoms with E-state index >= 15 is 0 Å². The highest BCUT2D eigenvalue weighted by molar-refractivity contribution is 7.10. The lowest BCUT2D eigenvalue weighted by molar-refractivity contribution is -0.139. The van der Waals surface area contributed by atoms with Crippen LogP contribution in [0.2, 0.25) is 0 Å². The molecule has 2 aromatic rings. The number of aliphatic hydroxyl groups is 1. The summed E-state index contributed by atoms with van der Waals surface area (Å²) in [6, 6.07) is 6.81. The summed E-state index contributed by atoms with van der Waals surface area (Å²) in [6.45, 7) is 11.3. The van der Waals surface area contributed by atoms with Crippen molar-refractivity contribution in [1.29, 1.82) is 0 Å². The lowest BCUT2D eigenvalue weighted by atomic mass is 9.97. The third-order valence-electron chi connectivity index (χ3n) is 5.71. The molecular weight excluding hydrogens is 422 g/mol. The molecule has 3 rings (SSSR count). The molecule has 32 heavy (non-hydrogen) atoms. The van der Waals surface area contributed by atoms with Crippen LogP contribution in [-0.2, 0) is 9.59 Å². The summed E-state index contributed by atoms with van der Waals surface area (Å²) >= 11 is 1.51. The molecular formula is C26H33NO4S. The molecule has 1 aliphatic heterocycles. The van der Waals surface area contributed by atoms with Crippen LogP contribution < -0.4 is 4.74 Å². The molecule has 1 aliphatic rings. The summed E-state index contributed by atoms with van der Waals surface area (Å²) in [5.41, 5.74) is 2.58. The summed E-state index contributed by atoms with van der Waals surface area (Å²) in [5.74, 6) is -0.123. The van der Waals surface area contributed by atoms with Crippen molar-refractivity contribution in [2.75, 3.05) is 13.2 Å². The number of benzene rings is 1. The van der Waals surface area contributed by atoms with Gasteiger partial charge in [-0.25, -0.2) is 0 Å². The van der Waals surface area contributed by atoms with Gasteiger partial charge >= 0.3 is 0 Å². The van der Waals surface area contributed by atoms with Gasteiger partial charge in [0.05, 0.1) is 18.2 Å². The SMILES string of the molecule is CCCCCN1C(=O)C(=O)/C(=C(\O)c2ccc(OCC(C)C)c(C)c2)C1c1sccc1C. The van der Waals surface area contributed by atoms with E-state index in [-0.39, 0.29) is 11.3 Å². The fourth-order valence-corrected chi connectivity index (χ4v) is 5.00. The summed E-state index contributed by atoms with van der Waals surface area (Å²) in [6.07, 6.45) is 2.83. The first-order valence-corrected chi connectivity index (χ1v) is 12.2. The Kier molecular flexibility index (Phi) is 7.77. The molecule has 1 fully saturated rings. The van der Waals surface area contributed by atoms with Gasteiger partial charge in [-0.3, -0.25) is 9.59 Å². The summed E-state index contributed by atoms with van der Waals surface area (Å²) < 4.78 is 5.84. The highest BCUT2D eigenvalue weighted by atomic mass is 32.1. The number of amides is 1. The number of hydrogen-bond acceptors (Lipinski definition) is 5. The second-order valence-electron chi connectivity index (χ2n) is 8.85. The molecule has 0 aliphatic carbocycles. The molecule has 1 amide bonds. The number of thiophene rings is 1. The van der Waals surface area contributed by atoms with Gasteiger partial charge in [-0.05, 0) is 67.0 Å². The highest BCUT2D eigenvalue weighted by Gasteiger charge is 2.46. The van der Waals surface area contributed by atoms with Crippen molar-refractivity contribution in [3.05, 3.63) is 56.8 Å². The molecule has 1 aromatic heterocycles. The fourth-order valence-electron chi connectivity index (χ4n) is 3.95. The second-order valence-corrected chi connectivity index (χ2v) is 9.80. The van der Waals surface area contributed by atoms with Gasteiger partial charge in [0.2, 0.25) is 0 Å². The van der Waals surface area contributed by atoms with Crippen LogP contribution in [-0.4, -0.2) is 34.8 Å². The summed E-state index contributed by atoms with van der Waals surface area (Å²) in [5, 5.41) is 13.2. The number of carbonyl (C=O) groups is 2. The number of likely N-dealkylation sites (tertiary alicyclic amines) is 1. The van der Waals surface area contributed by atoms with Crippen molar-refractivity contribution >= 4 is 28.8 Å². The van der Waals surface area contributed by atoms with Crippen LogP contribution in [0.1, 0.15) is 67.6 Å². The summed E-state index contributed by atoms with van der Waals surface area (Å²) in [4.78, 5) is 28.6. The van der Waals surface area contributed by atoms with Gasteiger partial charge in [0.25, 0.3) is 11.7 Å². The smallest absolute Gasteiger partial charge is 0.295 e. The maximum absolute atomic E-state index is 13.1. The quantitative estimate of drug-likeness (QED) is 0.218. The molecule has 0 radical (unpaired) electrons. The zero-order valence-corrected chi connectivity index (χ0v) is 20.4. The number of hydrogen-bond donors (Lipinski definition) is 1. The Morgan fingerprint density at radius 3 is 2.50 bits per heavy atom. The minimum absolute atomic E-state index is 0.127. The van der Waals surface area contributed by atoms with Crippen molar-refractivity contribution in [3.63, 3.8) is 0 Å². The summed E-state index contributed by atoms with van der Waals surface area (Å²) in [7, 11) is 0. The van der Waals surface area contributed by atoms with Gasteiger partial charge in [-0.2, -0.15) is 0 Å². The zero-order chi connectivity index (χ0) is 23.4. The molecule has 172 valence electrons. The number of ether oxygens (including phenoxy) is 1. The van der Waals surface area contributed by atoms with Gasteiger partial charge in [0.15, 0.2) is 0 Å². The Bertz CT molecular complexity index is 1020. The van der Waals surface area contributed by atoms with Crippen molar-refractivity contribution in [2.45, 2.75) is 59.9 Å². The number of aryl methyl sites for hydroxylation is 2. The van der Waals surface area contributed by atoms with Crippen molar-refractivity contribution in [2.24, 2.45) is 5.92 Å². The van der Waals surface area contributed by atoms with E-state index in [1.807, 2.05) is 37.4 Å². The van der Waals surface area contributed by atoms with E-state index in [1.54, 1.807) is 11.0 Å². The Morgan fingerprint density at radius 1 is 1.16 bits per heavy atom. The van der Waals surface area contributed by atoms with E-state index in [0.29, 0.717) is 24.6 Å². The molecule has 1 N–H and O–H groups in total. The van der Waals surface area contributed by atoms with Gasteiger partial charge in [-0.1, -0.05) is 33.6 Å². The van der Waals surface area contributed by atoms with E-state index in [0.717, 1.165) is 41.0 Å². The molecule has 1 saturated heterocycles. The highest BCUT2D eigenvalue weighted by Crippen LogP contribution is 2.43. The molecule has 0 spiro atoms. The normalized spacial score (nSPS) is 18.1. The predicted molar refractivity (Wildman–Crippen MR) is 129 cm³/mol. The fraction of sp³-hybridized carbons (Fsp3) is 0.462. The molecule has 6 heteroatoms. The minimum Gasteiger partial charge on any atom is -0.507 e. The molecule has 2 heterocycles. The van der Waals surface area contributed by atoms with Crippen LogP contribution in [0.3, 0.4) is 0 Å². The number of nitrogens with zero attached hydrogens (tertiary/aromatic N) is 1. The standard InChI is InChI=1S/C26H33NO4S/c1-6-7-8-12-27-22(25-17(4)11-13-32-25)21(24(29)26(27)30)23(28)19-9-10-20(18(5)14-19)31-15-16(2)3/h9-11,13-14,16,22,28H,6-8,12,15H2,1-5H3/b23-21-. The molecule has 1 unspecified atom stereocenters. The largest absolute Gasteiger partial charge is 0.507 e. The Hall–Kier alpha value is -2.60. The van der Waals surface area contributed by atoms with Gasteiger partial charge in [0, 0.05) is 17.0 Å². The average molecular weight is 456 g/mol. The lowest BCUT2D eigenvalue weighted by Crippen LogP contribution is -2.30. The Labute approximate surface area is 194 Å². The average Bonchev–Trinajstić information content (AvgIpc) is 3.28. The Balaban J connectivity index is 2.04. The minimum atomic E-state index is -0.616. The first-order chi connectivity index (χ1) is 15.3. The molecule has 0 bridgehead atoms. The van der Waals surface area contributed by atoms with Crippen LogP contribution in [0, 0.1) is 19.8 Å². The van der Waals surface area contributed by atoms with Crippen LogP contribution >= 0.6 is 11.3 Å². The van der Waals surface area contributed by atoms with E-state index in [2.05, 4.69) is 20.8 Å². The molecule has 1 atom stereocenters. The maximum Gasteiger partial charge on any atom is 0.295 e. The van der Waals surface area contributed by atoms with Gasteiger partial charge in [-0.15, -0.1) is 11.3 Å². The van der Waals surface area contributed by atoms with Crippen LogP contribution in [0.25, 0.3) is 5.76 Å². The molecule has 1 aromatic carbocycles. The van der Waals surface area contributed by atoms with Crippen molar-refractivity contribution in [1.82, 2.24) is 4.90 Å². The van der Waals surface area contributed by atoms with Crippen molar-refractivity contribution < 1.29 is 19.4 Å².